The van der Waals surface area contributed by atoms with Crippen LogP contribution in [0.2, 0.25) is 5.02 Å². The average Bonchev–Trinajstić information content (AvgIpc) is 2.93. The summed E-state index contributed by atoms with van der Waals surface area (Å²) < 4.78 is 0. The molecular weight excluding hydrogens is 202 g/mol. The molecule has 1 aromatic heterocycles. The summed E-state index contributed by atoms with van der Waals surface area (Å²) in [7, 11) is 0. The second-order valence-corrected chi connectivity index (χ2v) is 3.72. The zero-order valence-corrected chi connectivity index (χ0v) is 8.21. The van der Waals surface area contributed by atoms with Gasteiger partial charge in [-0.3, -0.25) is 4.79 Å². The van der Waals surface area contributed by atoms with E-state index < -0.39 is 0 Å². The first kappa shape index (κ1) is 9.27. The molecule has 1 aliphatic rings. The summed E-state index contributed by atoms with van der Waals surface area (Å²) in [6, 6.07) is 3.43. The number of pyridine rings is 1. The number of carbonyl (C=O) groups is 1. The van der Waals surface area contributed by atoms with Crippen LogP contribution in [0, 0.1) is 0 Å². The molecule has 4 nitrogen and oxygen atoms in total. The first-order chi connectivity index (χ1) is 6.66. The molecule has 2 rings (SSSR count). The van der Waals surface area contributed by atoms with Crippen molar-refractivity contribution in [2.45, 2.75) is 18.9 Å². The van der Waals surface area contributed by atoms with Crippen molar-refractivity contribution in [3.63, 3.8) is 0 Å². The zero-order chi connectivity index (χ0) is 10.1. The molecule has 0 saturated heterocycles. The molecule has 1 aliphatic carbocycles. The third-order valence-electron chi connectivity index (χ3n) is 2.00. The Bertz CT molecular complexity index is 376. The van der Waals surface area contributed by atoms with E-state index in [1.807, 2.05) is 0 Å². The maximum Gasteiger partial charge on any atom is 0.271 e. The Morgan fingerprint density at radius 2 is 2.29 bits per heavy atom. The molecule has 0 spiro atoms. The highest BCUT2D eigenvalue weighted by atomic mass is 35.5. The van der Waals surface area contributed by atoms with Crippen molar-refractivity contribution >= 4 is 23.3 Å². The standard InChI is InChI=1S/C9H10ClN3O/c10-6-3-4-7(11)13-8(6)9(14)12-5-1-2-5/h3-5H,1-2H2,(H2,11,13)(H,12,14). The van der Waals surface area contributed by atoms with E-state index in [2.05, 4.69) is 10.3 Å². The number of amides is 1. The summed E-state index contributed by atoms with van der Waals surface area (Å²) in [5, 5.41) is 3.13. The zero-order valence-electron chi connectivity index (χ0n) is 7.46. The van der Waals surface area contributed by atoms with Crippen LogP contribution < -0.4 is 11.1 Å². The Kier molecular flexibility index (Phi) is 2.29. The van der Waals surface area contributed by atoms with E-state index in [0.29, 0.717) is 16.9 Å². The van der Waals surface area contributed by atoms with Crippen LogP contribution in [-0.2, 0) is 0 Å². The van der Waals surface area contributed by atoms with Crippen molar-refractivity contribution in [3.8, 4) is 0 Å². The molecule has 1 amide bonds. The molecule has 5 heteroatoms. The monoisotopic (exact) mass is 211 g/mol. The van der Waals surface area contributed by atoms with Gasteiger partial charge in [0.2, 0.25) is 0 Å². The van der Waals surface area contributed by atoms with Crippen LogP contribution in [-0.4, -0.2) is 16.9 Å². The van der Waals surface area contributed by atoms with Crippen molar-refractivity contribution < 1.29 is 4.79 Å². The first-order valence-electron chi connectivity index (χ1n) is 4.39. The van der Waals surface area contributed by atoms with Gasteiger partial charge in [-0.2, -0.15) is 0 Å². The topological polar surface area (TPSA) is 68.0 Å². The van der Waals surface area contributed by atoms with E-state index in [9.17, 15) is 4.79 Å². The molecule has 0 radical (unpaired) electrons. The van der Waals surface area contributed by atoms with E-state index >= 15 is 0 Å². The highest BCUT2D eigenvalue weighted by Crippen LogP contribution is 2.21. The van der Waals surface area contributed by atoms with Crippen LogP contribution in [0.1, 0.15) is 23.3 Å². The summed E-state index contributed by atoms with van der Waals surface area (Å²) in [5.74, 6) is 0.0557. The Morgan fingerprint density at radius 3 is 2.93 bits per heavy atom. The molecule has 0 aliphatic heterocycles. The van der Waals surface area contributed by atoms with Gasteiger partial charge in [-0.05, 0) is 25.0 Å². The fourth-order valence-corrected chi connectivity index (χ4v) is 1.29. The Labute approximate surface area is 86.5 Å². The van der Waals surface area contributed by atoms with E-state index in [1.54, 1.807) is 12.1 Å². The number of hydrogen-bond acceptors (Lipinski definition) is 3. The van der Waals surface area contributed by atoms with Gasteiger partial charge in [-0.25, -0.2) is 4.98 Å². The number of rotatable bonds is 2. The molecule has 0 bridgehead atoms. The van der Waals surface area contributed by atoms with E-state index in [4.69, 9.17) is 17.3 Å². The number of aromatic nitrogens is 1. The number of carbonyl (C=O) groups excluding carboxylic acids is 1. The second kappa shape index (κ2) is 3.46. The lowest BCUT2D eigenvalue weighted by molar-refractivity contribution is 0.0946. The number of hydrogen-bond donors (Lipinski definition) is 2. The van der Waals surface area contributed by atoms with E-state index in [1.165, 1.54) is 0 Å². The number of nitrogens with one attached hydrogen (secondary N) is 1. The molecule has 3 N–H and O–H groups in total. The van der Waals surface area contributed by atoms with Gasteiger partial charge in [0, 0.05) is 6.04 Å². The predicted molar refractivity (Wildman–Crippen MR) is 54.1 cm³/mol. The molecule has 0 unspecified atom stereocenters. The SMILES string of the molecule is Nc1ccc(Cl)c(C(=O)NC2CC2)n1. The number of nitrogens with zero attached hydrogens (tertiary/aromatic N) is 1. The van der Waals surface area contributed by atoms with Crippen LogP contribution in [0.3, 0.4) is 0 Å². The molecular formula is C9H10ClN3O. The van der Waals surface area contributed by atoms with Crippen LogP contribution in [0.5, 0.6) is 0 Å². The van der Waals surface area contributed by atoms with Gasteiger partial charge in [0.05, 0.1) is 5.02 Å². The van der Waals surface area contributed by atoms with Crippen LogP contribution in [0.4, 0.5) is 5.82 Å². The molecule has 0 aromatic carbocycles. The predicted octanol–water partition coefficient (Wildman–Crippen LogP) is 1.21. The van der Waals surface area contributed by atoms with Crippen LogP contribution in [0.25, 0.3) is 0 Å². The van der Waals surface area contributed by atoms with Gasteiger partial charge in [-0.1, -0.05) is 11.6 Å². The summed E-state index contributed by atoms with van der Waals surface area (Å²) in [6.07, 6.45) is 2.07. The summed E-state index contributed by atoms with van der Waals surface area (Å²) in [5.41, 5.74) is 5.67. The minimum Gasteiger partial charge on any atom is -0.384 e. The maximum absolute atomic E-state index is 11.6. The van der Waals surface area contributed by atoms with Crippen LogP contribution >= 0.6 is 11.6 Å². The molecule has 14 heavy (non-hydrogen) atoms. The quantitative estimate of drug-likeness (QED) is 0.773. The fourth-order valence-electron chi connectivity index (χ4n) is 1.10. The number of nitrogen functional groups attached to an aromatic ring is 1. The van der Waals surface area contributed by atoms with Gasteiger partial charge in [0.15, 0.2) is 0 Å². The first-order valence-corrected chi connectivity index (χ1v) is 4.77. The summed E-state index contributed by atoms with van der Waals surface area (Å²) in [6.45, 7) is 0. The molecule has 74 valence electrons. The Morgan fingerprint density at radius 1 is 1.57 bits per heavy atom. The third-order valence-corrected chi connectivity index (χ3v) is 2.30. The lowest BCUT2D eigenvalue weighted by Crippen LogP contribution is -2.26. The van der Waals surface area contributed by atoms with E-state index in [-0.39, 0.29) is 11.6 Å². The van der Waals surface area contributed by atoms with Gasteiger partial charge < -0.3 is 11.1 Å². The smallest absolute Gasteiger partial charge is 0.271 e. The molecule has 1 fully saturated rings. The minimum atomic E-state index is -0.246. The van der Waals surface area contributed by atoms with Gasteiger partial charge in [0.25, 0.3) is 5.91 Å². The Hall–Kier alpha value is -1.29. The van der Waals surface area contributed by atoms with Gasteiger partial charge >= 0.3 is 0 Å². The average molecular weight is 212 g/mol. The maximum atomic E-state index is 11.6. The number of anilines is 1. The van der Waals surface area contributed by atoms with Gasteiger partial charge in [-0.15, -0.1) is 0 Å². The lowest BCUT2D eigenvalue weighted by atomic mass is 10.3. The fraction of sp³-hybridized carbons (Fsp3) is 0.333. The van der Waals surface area contributed by atoms with Crippen molar-refractivity contribution in [1.29, 1.82) is 0 Å². The van der Waals surface area contributed by atoms with Crippen molar-refractivity contribution in [2.24, 2.45) is 0 Å². The summed E-state index contributed by atoms with van der Waals surface area (Å²) in [4.78, 5) is 15.4. The number of nitrogens with two attached hydrogens (primary N) is 1. The summed E-state index contributed by atoms with van der Waals surface area (Å²) >= 11 is 5.82. The lowest BCUT2D eigenvalue weighted by Gasteiger charge is -2.04. The normalized spacial score (nSPS) is 15.2. The van der Waals surface area contributed by atoms with Crippen LogP contribution in [0.15, 0.2) is 12.1 Å². The van der Waals surface area contributed by atoms with E-state index in [0.717, 1.165) is 12.8 Å². The van der Waals surface area contributed by atoms with Crippen molar-refractivity contribution in [1.82, 2.24) is 10.3 Å². The van der Waals surface area contributed by atoms with Gasteiger partial charge in [0.1, 0.15) is 11.5 Å². The molecule has 0 atom stereocenters. The Balaban J connectivity index is 2.20. The molecule has 1 heterocycles. The minimum absolute atomic E-state index is 0.207. The van der Waals surface area contributed by atoms with Crippen molar-refractivity contribution in [2.75, 3.05) is 5.73 Å². The third kappa shape index (κ3) is 1.96. The number of halogens is 1. The second-order valence-electron chi connectivity index (χ2n) is 3.31. The molecule has 1 aromatic rings. The highest BCUT2D eigenvalue weighted by molar-refractivity contribution is 6.33. The highest BCUT2D eigenvalue weighted by Gasteiger charge is 2.25. The largest absolute Gasteiger partial charge is 0.384 e. The molecule has 1 saturated carbocycles. The van der Waals surface area contributed by atoms with Crippen molar-refractivity contribution in [3.05, 3.63) is 22.8 Å².